The lowest BCUT2D eigenvalue weighted by Gasteiger charge is -2.45. The molecule has 1 aliphatic rings. The fraction of sp³-hybridized carbons (Fsp3) is 0.286. The number of carbonyl (C=O) groups excluding carboxylic acids is 1. The van der Waals surface area contributed by atoms with Crippen molar-refractivity contribution in [3.63, 3.8) is 0 Å². The van der Waals surface area contributed by atoms with Crippen molar-refractivity contribution in [1.29, 1.82) is 0 Å². The standard InChI is InChI=1S/C28H27N3O3/c1-16-14-28(3,4)31(5)23-13-24-19(11-20(16)23)12-21(27(33)34-24)25(32)22-15-29-26(30-17(22)2)18-9-7-6-8-10-18/h6-13,15-16H,14H2,1-5H3. The van der Waals surface area contributed by atoms with E-state index in [2.05, 4.69) is 42.7 Å². The highest BCUT2D eigenvalue weighted by Crippen LogP contribution is 2.43. The van der Waals surface area contributed by atoms with E-state index in [0.717, 1.165) is 23.1 Å². The second kappa shape index (κ2) is 7.90. The van der Waals surface area contributed by atoms with E-state index in [4.69, 9.17) is 4.42 Å². The molecule has 0 saturated heterocycles. The van der Waals surface area contributed by atoms with Gasteiger partial charge in [0.1, 0.15) is 11.1 Å². The third-order valence-corrected chi connectivity index (χ3v) is 6.99. The average Bonchev–Trinajstić information content (AvgIpc) is 2.81. The first-order valence-electron chi connectivity index (χ1n) is 11.4. The van der Waals surface area contributed by atoms with Crippen molar-refractivity contribution in [2.45, 2.75) is 45.6 Å². The molecule has 0 radical (unpaired) electrons. The first-order valence-corrected chi connectivity index (χ1v) is 11.4. The molecule has 0 aliphatic carbocycles. The predicted molar refractivity (Wildman–Crippen MR) is 134 cm³/mol. The highest BCUT2D eigenvalue weighted by Gasteiger charge is 2.34. The lowest BCUT2D eigenvalue weighted by atomic mass is 9.80. The van der Waals surface area contributed by atoms with Crippen molar-refractivity contribution in [3.8, 4) is 11.4 Å². The number of nitrogens with zero attached hydrogens (tertiary/aromatic N) is 3. The molecule has 3 heterocycles. The molecule has 0 fully saturated rings. The highest BCUT2D eigenvalue weighted by molar-refractivity contribution is 6.10. The van der Waals surface area contributed by atoms with Crippen molar-refractivity contribution in [3.05, 3.63) is 87.5 Å². The summed E-state index contributed by atoms with van der Waals surface area (Å²) in [7, 11) is 2.06. The Morgan fingerprint density at radius 3 is 2.56 bits per heavy atom. The van der Waals surface area contributed by atoms with Crippen LogP contribution in [-0.2, 0) is 0 Å². The molecule has 0 bridgehead atoms. The third kappa shape index (κ3) is 3.59. The van der Waals surface area contributed by atoms with Crippen LogP contribution in [-0.4, -0.2) is 28.3 Å². The Morgan fingerprint density at radius 2 is 1.85 bits per heavy atom. The molecule has 1 atom stereocenters. The number of hydrogen-bond donors (Lipinski definition) is 0. The molecular weight excluding hydrogens is 426 g/mol. The molecular formula is C28H27N3O3. The SMILES string of the molecule is Cc1nc(-c2ccccc2)ncc1C(=O)c1cc2cc3c(cc2oc1=O)N(C)C(C)(C)CC3C. The highest BCUT2D eigenvalue weighted by atomic mass is 16.4. The Labute approximate surface area is 198 Å². The van der Waals surface area contributed by atoms with Crippen LogP contribution in [0.1, 0.15) is 60.3 Å². The fourth-order valence-corrected chi connectivity index (χ4v) is 4.90. The van der Waals surface area contributed by atoms with Crippen molar-refractivity contribution in [2.75, 3.05) is 11.9 Å². The van der Waals surface area contributed by atoms with Crippen LogP contribution in [0.5, 0.6) is 0 Å². The molecule has 2 aromatic carbocycles. The molecule has 34 heavy (non-hydrogen) atoms. The van der Waals surface area contributed by atoms with Gasteiger partial charge in [-0.2, -0.15) is 0 Å². The maximum atomic E-state index is 13.3. The Balaban J connectivity index is 1.57. The quantitative estimate of drug-likeness (QED) is 0.301. The van der Waals surface area contributed by atoms with Crippen molar-refractivity contribution < 1.29 is 9.21 Å². The van der Waals surface area contributed by atoms with E-state index >= 15 is 0 Å². The summed E-state index contributed by atoms with van der Waals surface area (Å²) in [5.74, 6) is 0.447. The van der Waals surface area contributed by atoms with Gasteiger partial charge in [-0.25, -0.2) is 14.8 Å². The fourth-order valence-electron chi connectivity index (χ4n) is 4.90. The van der Waals surface area contributed by atoms with Gasteiger partial charge in [-0.05, 0) is 50.8 Å². The molecule has 5 rings (SSSR count). The van der Waals surface area contributed by atoms with Gasteiger partial charge in [0, 0.05) is 41.5 Å². The van der Waals surface area contributed by atoms with Crippen LogP contribution in [0.2, 0.25) is 0 Å². The lowest BCUT2D eigenvalue weighted by Crippen LogP contribution is -2.45. The summed E-state index contributed by atoms with van der Waals surface area (Å²) in [4.78, 5) is 37.3. The molecule has 6 nitrogen and oxygen atoms in total. The molecule has 4 aromatic rings. The van der Waals surface area contributed by atoms with Gasteiger partial charge in [0.2, 0.25) is 5.78 Å². The topological polar surface area (TPSA) is 76.3 Å². The minimum Gasteiger partial charge on any atom is -0.422 e. The van der Waals surface area contributed by atoms with Crippen molar-refractivity contribution >= 4 is 22.4 Å². The Hall–Kier alpha value is -3.80. The lowest BCUT2D eigenvalue weighted by molar-refractivity contribution is 0.103. The van der Waals surface area contributed by atoms with Crippen LogP contribution in [0.4, 0.5) is 5.69 Å². The number of aromatic nitrogens is 2. The molecule has 1 aliphatic heterocycles. The van der Waals surface area contributed by atoms with Crippen LogP contribution in [0, 0.1) is 6.92 Å². The third-order valence-electron chi connectivity index (χ3n) is 6.99. The van der Waals surface area contributed by atoms with Crippen LogP contribution in [0.3, 0.4) is 0 Å². The minimum atomic E-state index is -0.658. The summed E-state index contributed by atoms with van der Waals surface area (Å²) in [5, 5.41) is 0.737. The van der Waals surface area contributed by atoms with Gasteiger partial charge in [-0.1, -0.05) is 37.3 Å². The van der Waals surface area contributed by atoms with E-state index in [-0.39, 0.29) is 11.1 Å². The Bertz CT molecular complexity index is 1490. The molecule has 2 aromatic heterocycles. The summed E-state index contributed by atoms with van der Waals surface area (Å²) >= 11 is 0. The van der Waals surface area contributed by atoms with E-state index in [9.17, 15) is 9.59 Å². The summed E-state index contributed by atoms with van der Waals surface area (Å²) in [6, 6.07) is 15.2. The minimum absolute atomic E-state index is 0.000264. The van der Waals surface area contributed by atoms with Gasteiger partial charge < -0.3 is 9.32 Å². The molecule has 0 amide bonds. The number of fused-ring (bicyclic) bond motifs is 2. The maximum absolute atomic E-state index is 13.3. The van der Waals surface area contributed by atoms with Crippen molar-refractivity contribution in [2.24, 2.45) is 0 Å². The molecule has 0 saturated carbocycles. The zero-order valence-corrected chi connectivity index (χ0v) is 20.0. The Morgan fingerprint density at radius 1 is 1.12 bits per heavy atom. The number of aryl methyl sites for hydroxylation is 1. The summed E-state index contributed by atoms with van der Waals surface area (Å²) < 4.78 is 5.64. The average molecular weight is 454 g/mol. The molecule has 1 unspecified atom stereocenters. The normalized spacial score (nSPS) is 17.0. The van der Waals surface area contributed by atoms with Crippen LogP contribution < -0.4 is 10.5 Å². The van der Waals surface area contributed by atoms with Gasteiger partial charge in [0.05, 0.1) is 11.3 Å². The van der Waals surface area contributed by atoms with Gasteiger partial charge in [0.25, 0.3) is 0 Å². The second-order valence-electron chi connectivity index (χ2n) is 9.76. The predicted octanol–water partition coefficient (Wildman–Crippen LogP) is 5.51. The number of ketones is 1. The molecule has 0 spiro atoms. The number of benzene rings is 2. The summed E-state index contributed by atoms with van der Waals surface area (Å²) in [5.41, 5.74) is 3.72. The van der Waals surface area contributed by atoms with Gasteiger partial charge in [-0.15, -0.1) is 0 Å². The number of anilines is 1. The van der Waals surface area contributed by atoms with E-state index in [1.54, 1.807) is 13.0 Å². The molecule has 172 valence electrons. The molecule has 6 heteroatoms. The maximum Gasteiger partial charge on any atom is 0.347 e. The monoisotopic (exact) mass is 453 g/mol. The largest absolute Gasteiger partial charge is 0.422 e. The zero-order chi connectivity index (χ0) is 24.2. The zero-order valence-electron chi connectivity index (χ0n) is 20.0. The van der Waals surface area contributed by atoms with Crippen LogP contribution in [0.15, 0.2) is 63.9 Å². The van der Waals surface area contributed by atoms with Gasteiger partial charge in [-0.3, -0.25) is 4.79 Å². The first kappa shape index (κ1) is 22.0. The Kier molecular flexibility index (Phi) is 5.12. The molecule has 0 N–H and O–H groups in total. The van der Waals surface area contributed by atoms with Gasteiger partial charge in [0.15, 0.2) is 5.82 Å². The van der Waals surface area contributed by atoms with Gasteiger partial charge >= 0.3 is 5.63 Å². The van der Waals surface area contributed by atoms with E-state index in [1.165, 1.54) is 11.8 Å². The smallest absolute Gasteiger partial charge is 0.347 e. The van der Waals surface area contributed by atoms with Crippen LogP contribution >= 0.6 is 0 Å². The van der Waals surface area contributed by atoms with Crippen LogP contribution in [0.25, 0.3) is 22.4 Å². The first-order chi connectivity index (χ1) is 16.2. The second-order valence-corrected chi connectivity index (χ2v) is 9.76. The number of rotatable bonds is 3. The van der Waals surface area contributed by atoms with E-state index in [0.29, 0.717) is 28.6 Å². The number of hydrogen-bond acceptors (Lipinski definition) is 6. The van der Waals surface area contributed by atoms with Crippen molar-refractivity contribution in [1.82, 2.24) is 9.97 Å². The summed E-state index contributed by atoms with van der Waals surface area (Å²) in [6.07, 6.45) is 2.50. The number of carbonyl (C=O) groups is 1. The summed E-state index contributed by atoms with van der Waals surface area (Å²) in [6.45, 7) is 8.38. The van der Waals surface area contributed by atoms with E-state index < -0.39 is 11.4 Å². The van der Waals surface area contributed by atoms with E-state index in [1.807, 2.05) is 42.5 Å².